The zero-order valence-corrected chi connectivity index (χ0v) is 16.7. The van der Waals surface area contributed by atoms with Gasteiger partial charge in [-0.2, -0.15) is 0 Å². The zero-order chi connectivity index (χ0) is 19.6. The number of nitrogens with one attached hydrogen (secondary N) is 2. The fourth-order valence-corrected chi connectivity index (χ4v) is 3.71. The van der Waals surface area contributed by atoms with Gasteiger partial charge in [0.1, 0.15) is 5.69 Å². The quantitative estimate of drug-likeness (QED) is 0.308. The number of aromatic nitrogens is 1. The van der Waals surface area contributed by atoms with Crippen molar-refractivity contribution in [1.82, 2.24) is 4.98 Å². The van der Waals surface area contributed by atoms with Gasteiger partial charge in [0.05, 0.1) is 10.6 Å². The minimum absolute atomic E-state index is 0.142. The summed E-state index contributed by atoms with van der Waals surface area (Å²) in [6.45, 7) is -0.510. The Kier molecular flexibility index (Phi) is 5.57. The highest BCUT2D eigenvalue weighted by molar-refractivity contribution is 9.11. The minimum atomic E-state index is -0.664. The number of hydrogen-bond acceptors (Lipinski definition) is 5. The summed E-state index contributed by atoms with van der Waals surface area (Å²) in [7, 11) is 0. The molecule has 2 N–H and O–H groups in total. The van der Waals surface area contributed by atoms with Gasteiger partial charge in [0, 0.05) is 32.0 Å². The lowest BCUT2D eigenvalue weighted by Crippen LogP contribution is -2.21. The van der Waals surface area contributed by atoms with E-state index in [4.69, 9.17) is 4.74 Å². The molecule has 10 heteroatoms. The molecule has 0 aliphatic rings. The van der Waals surface area contributed by atoms with Gasteiger partial charge in [0.2, 0.25) is 0 Å². The highest BCUT2D eigenvalue weighted by Gasteiger charge is 2.17. The molecular formula is C17H11Br2N3O5. The minimum Gasteiger partial charge on any atom is -0.451 e. The van der Waals surface area contributed by atoms with Crippen molar-refractivity contribution in [2.24, 2.45) is 0 Å². The monoisotopic (exact) mass is 495 g/mol. The molecule has 0 spiro atoms. The molecule has 3 aromatic rings. The number of carbonyl (C=O) groups excluding carboxylic acids is 2. The molecule has 3 rings (SSSR count). The number of nitro benzene ring substituents is 1. The summed E-state index contributed by atoms with van der Waals surface area (Å²) < 4.78 is 5.65. The topological polar surface area (TPSA) is 114 Å². The van der Waals surface area contributed by atoms with Crippen LogP contribution in [0.3, 0.4) is 0 Å². The number of aromatic amines is 1. The Morgan fingerprint density at radius 1 is 1.15 bits per heavy atom. The van der Waals surface area contributed by atoms with Gasteiger partial charge in [-0.15, -0.1) is 0 Å². The third-order valence-corrected chi connectivity index (χ3v) is 4.84. The molecule has 0 aliphatic heterocycles. The van der Waals surface area contributed by atoms with Crippen molar-refractivity contribution < 1.29 is 19.2 Å². The van der Waals surface area contributed by atoms with E-state index in [-0.39, 0.29) is 11.4 Å². The third-order valence-electron chi connectivity index (χ3n) is 3.59. The Morgan fingerprint density at radius 2 is 1.81 bits per heavy atom. The van der Waals surface area contributed by atoms with E-state index in [1.807, 2.05) is 24.3 Å². The number of rotatable bonds is 5. The number of carbonyl (C=O) groups is 2. The summed E-state index contributed by atoms with van der Waals surface area (Å²) >= 11 is 6.34. The van der Waals surface area contributed by atoms with Crippen LogP contribution in [0.1, 0.15) is 10.5 Å². The molecule has 2 aromatic carbocycles. The summed E-state index contributed by atoms with van der Waals surface area (Å²) in [6.07, 6.45) is 0. The predicted molar refractivity (Wildman–Crippen MR) is 106 cm³/mol. The first-order valence-electron chi connectivity index (χ1n) is 7.53. The summed E-state index contributed by atoms with van der Waals surface area (Å²) in [5, 5.41) is 14.2. The molecule has 0 saturated heterocycles. The van der Waals surface area contributed by atoms with Crippen LogP contribution in [-0.4, -0.2) is 28.4 Å². The van der Waals surface area contributed by atoms with E-state index in [2.05, 4.69) is 42.2 Å². The Balaban J connectivity index is 1.64. The molecule has 0 radical (unpaired) electrons. The first-order valence-corrected chi connectivity index (χ1v) is 9.12. The Bertz CT molecular complexity index is 1010. The van der Waals surface area contributed by atoms with Gasteiger partial charge in [-0.1, -0.05) is 18.2 Å². The summed E-state index contributed by atoms with van der Waals surface area (Å²) in [4.78, 5) is 37.4. The van der Waals surface area contributed by atoms with E-state index in [0.717, 1.165) is 10.9 Å². The zero-order valence-electron chi connectivity index (χ0n) is 13.5. The average molecular weight is 497 g/mol. The molecule has 27 heavy (non-hydrogen) atoms. The first kappa shape index (κ1) is 19.1. The number of amides is 1. The van der Waals surface area contributed by atoms with Crippen LogP contribution in [0.25, 0.3) is 10.9 Å². The molecule has 1 aromatic heterocycles. The van der Waals surface area contributed by atoms with Gasteiger partial charge in [-0.25, -0.2) is 4.79 Å². The summed E-state index contributed by atoms with van der Waals surface area (Å²) in [6, 6.07) is 11.5. The number of para-hydroxylation sites is 1. The number of fused-ring (bicyclic) bond motifs is 1. The number of esters is 1. The number of non-ortho nitro benzene ring substituents is 1. The maximum Gasteiger partial charge on any atom is 0.355 e. The van der Waals surface area contributed by atoms with E-state index in [1.165, 1.54) is 12.1 Å². The fourth-order valence-electron chi connectivity index (χ4n) is 2.35. The number of anilines is 1. The maximum atomic E-state index is 12.1. The second-order valence-electron chi connectivity index (χ2n) is 5.44. The van der Waals surface area contributed by atoms with Gasteiger partial charge in [-0.05, 0) is 44.0 Å². The van der Waals surface area contributed by atoms with Crippen LogP contribution < -0.4 is 5.32 Å². The lowest BCUT2D eigenvalue weighted by Gasteiger charge is -2.10. The molecule has 0 bridgehead atoms. The lowest BCUT2D eigenvalue weighted by molar-refractivity contribution is -0.385. The van der Waals surface area contributed by atoms with Crippen LogP contribution >= 0.6 is 31.9 Å². The Morgan fingerprint density at radius 3 is 2.44 bits per heavy atom. The van der Waals surface area contributed by atoms with Crippen molar-refractivity contribution >= 4 is 66.0 Å². The van der Waals surface area contributed by atoms with Gasteiger partial charge in [0.25, 0.3) is 11.6 Å². The van der Waals surface area contributed by atoms with Gasteiger partial charge < -0.3 is 15.0 Å². The number of nitro groups is 1. The number of halogens is 2. The maximum absolute atomic E-state index is 12.1. The molecule has 0 saturated carbocycles. The number of nitrogens with zero attached hydrogens (tertiary/aromatic N) is 1. The predicted octanol–water partition coefficient (Wildman–Crippen LogP) is 4.40. The van der Waals surface area contributed by atoms with Crippen molar-refractivity contribution in [1.29, 1.82) is 0 Å². The molecule has 8 nitrogen and oxygen atoms in total. The van der Waals surface area contributed by atoms with Gasteiger partial charge >= 0.3 is 5.97 Å². The standard InChI is InChI=1S/C17H11Br2N3O5/c18-11-6-10(22(25)26)7-12(19)16(11)21-15(23)8-27-17(24)14-5-9-3-1-2-4-13(9)20-14/h1-7,20H,8H2,(H,21,23). The Labute approximate surface area is 169 Å². The Hall–Kier alpha value is -2.72. The van der Waals surface area contributed by atoms with E-state index in [0.29, 0.717) is 14.6 Å². The SMILES string of the molecule is O=C(COC(=O)c1cc2ccccc2[nH]1)Nc1c(Br)cc([N+](=O)[O-])cc1Br. The number of hydrogen-bond donors (Lipinski definition) is 2. The molecule has 0 unspecified atom stereocenters. The molecule has 0 fully saturated rings. The number of ether oxygens (including phenoxy) is 1. The summed E-state index contributed by atoms with van der Waals surface area (Å²) in [5.41, 5.74) is 1.18. The van der Waals surface area contributed by atoms with Crippen LogP contribution in [-0.2, 0) is 9.53 Å². The van der Waals surface area contributed by atoms with Crippen molar-refractivity contribution in [3.63, 3.8) is 0 Å². The summed E-state index contributed by atoms with van der Waals surface area (Å²) in [5.74, 6) is -1.25. The lowest BCUT2D eigenvalue weighted by atomic mass is 10.2. The molecule has 138 valence electrons. The van der Waals surface area contributed by atoms with Crippen molar-refractivity contribution in [2.75, 3.05) is 11.9 Å². The molecule has 1 heterocycles. The van der Waals surface area contributed by atoms with Crippen LogP contribution in [0.2, 0.25) is 0 Å². The molecule has 0 aliphatic carbocycles. The fraction of sp³-hybridized carbons (Fsp3) is 0.0588. The van der Waals surface area contributed by atoms with Crippen molar-refractivity contribution in [3.8, 4) is 0 Å². The van der Waals surface area contributed by atoms with Gasteiger partial charge in [0.15, 0.2) is 6.61 Å². The van der Waals surface area contributed by atoms with Crippen LogP contribution in [0, 0.1) is 10.1 Å². The second-order valence-corrected chi connectivity index (χ2v) is 7.14. The molecular weight excluding hydrogens is 486 g/mol. The highest BCUT2D eigenvalue weighted by Crippen LogP contribution is 2.35. The van der Waals surface area contributed by atoms with E-state index in [9.17, 15) is 19.7 Å². The molecule has 0 atom stereocenters. The smallest absolute Gasteiger partial charge is 0.355 e. The highest BCUT2D eigenvalue weighted by atomic mass is 79.9. The van der Waals surface area contributed by atoms with E-state index < -0.39 is 23.4 Å². The second kappa shape index (κ2) is 7.89. The number of benzene rings is 2. The van der Waals surface area contributed by atoms with Crippen molar-refractivity contribution in [3.05, 3.63) is 67.2 Å². The van der Waals surface area contributed by atoms with Crippen LogP contribution in [0.15, 0.2) is 51.4 Å². The normalized spacial score (nSPS) is 10.6. The number of H-pyrrole nitrogens is 1. The van der Waals surface area contributed by atoms with Crippen LogP contribution in [0.5, 0.6) is 0 Å². The van der Waals surface area contributed by atoms with Crippen LogP contribution in [0.4, 0.5) is 11.4 Å². The molecule has 1 amide bonds. The first-order chi connectivity index (χ1) is 12.8. The third kappa shape index (κ3) is 4.34. The van der Waals surface area contributed by atoms with Crippen molar-refractivity contribution in [2.45, 2.75) is 0 Å². The van der Waals surface area contributed by atoms with E-state index in [1.54, 1.807) is 6.07 Å². The largest absolute Gasteiger partial charge is 0.451 e. The average Bonchev–Trinajstić information content (AvgIpc) is 3.06. The van der Waals surface area contributed by atoms with E-state index >= 15 is 0 Å². The van der Waals surface area contributed by atoms with Gasteiger partial charge in [-0.3, -0.25) is 14.9 Å².